The van der Waals surface area contributed by atoms with Crippen LogP contribution in [0.2, 0.25) is 0 Å². The van der Waals surface area contributed by atoms with Crippen molar-refractivity contribution in [2.24, 2.45) is 0 Å². The number of carboxylic acids is 1. The van der Waals surface area contributed by atoms with E-state index in [9.17, 15) is 4.79 Å². The highest BCUT2D eigenvalue weighted by Gasteiger charge is 2.15. The lowest BCUT2D eigenvalue weighted by Gasteiger charge is -2.17. The first-order valence-corrected chi connectivity index (χ1v) is 12.3. The molecule has 0 aliphatic heterocycles. The largest absolute Gasteiger partial charge is 0.487 e. The average Bonchev–Trinajstić information content (AvgIpc) is 2.83. The van der Waals surface area contributed by atoms with Gasteiger partial charge in [-0.3, -0.25) is 4.79 Å². The van der Waals surface area contributed by atoms with E-state index in [1.807, 2.05) is 72.8 Å². The number of carbonyl (C=O) groups is 1. The Morgan fingerprint density at radius 3 is 2.41 bits per heavy atom. The van der Waals surface area contributed by atoms with E-state index >= 15 is 0 Å². The highest BCUT2D eigenvalue weighted by molar-refractivity contribution is 8.16. The first kappa shape index (κ1) is 22.2. The molecule has 0 saturated heterocycles. The molecule has 1 unspecified atom stereocenters. The molecule has 0 aliphatic rings. The number of benzene rings is 3. The number of hydrogen-bond acceptors (Lipinski definition) is 5. The Morgan fingerprint density at radius 2 is 1.62 bits per heavy atom. The molecule has 162 valence electrons. The van der Waals surface area contributed by atoms with Crippen molar-refractivity contribution in [1.29, 1.82) is 0 Å². The summed E-state index contributed by atoms with van der Waals surface area (Å²) in [6, 6.07) is 30.2. The minimum Gasteiger partial charge on any atom is -0.487 e. The predicted molar refractivity (Wildman–Crippen MR) is 133 cm³/mol. The summed E-state index contributed by atoms with van der Waals surface area (Å²) in [7, 11) is 0. The van der Waals surface area contributed by atoms with Gasteiger partial charge < -0.3 is 9.84 Å². The molecule has 4 aromatic rings. The molecule has 1 atom stereocenters. The maximum atomic E-state index is 11.1. The van der Waals surface area contributed by atoms with Gasteiger partial charge in [0.1, 0.15) is 12.4 Å². The third-order valence-electron chi connectivity index (χ3n) is 4.80. The van der Waals surface area contributed by atoms with Gasteiger partial charge in [-0.05, 0) is 35.4 Å². The summed E-state index contributed by atoms with van der Waals surface area (Å²) in [4.78, 5) is 15.8. The van der Waals surface area contributed by atoms with Gasteiger partial charge >= 0.3 is 5.97 Å². The quantitative estimate of drug-likeness (QED) is 0.270. The smallest absolute Gasteiger partial charge is 0.313 e. The van der Waals surface area contributed by atoms with E-state index in [2.05, 4.69) is 23.2 Å². The molecule has 0 radical (unpaired) electrons. The van der Waals surface area contributed by atoms with E-state index in [1.54, 1.807) is 11.8 Å². The van der Waals surface area contributed by atoms with Crippen LogP contribution in [0.1, 0.15) is 21.4 Å². The molecule has 0 amide bonds. The van der Waals surface area contributed by atoms with Gasteiger partial charge in [-0.15, -0.1) is 23.5 Å². The first-order chi connectivity index (χ1) is 15.7. The molecule has 4 nitrogen and oxygen atoms in total. The number of thioether (sulfide) groups is 2. The van der Waals surface area contributed by atoms with E-state index in [0.717, 1.165) is 33.7 Å². The van der Waals surface area contributed by atoms with Crippen LogP contribution in [0.4, 0.5) is 0 Å². The van der Waals surface area contributed by atoms with Crippen molar-refractivity contribution in [3.63, 3.8) is 0 Å². The molecule has 1 N–H and O–H groups in total. The van der Waals surface area contributed by atoms with Crippen molar-refractivity contribution >= 4 is 40.4 Å². The van der Waals surface area contributed by atoms with Crippen molar-refractivity contribution in [1.82, 2.24) is 4.98 Å². The molecule has 0 spiro atoms. The van der Waals surface area contributed by atoms with Crippen LogP contribution in [0.25, 0.3) is 10.9 Å². The maximum absolute atomic E-state index is 11.1. The van der Waals surface area contributed by atoms with Crippen molar-refractivity contribution in [3.05, 3.63) is 108 Å². The topological polar surface area (TPSA) is 59.4 Å². The fourth-order valence-electron chi connectivity index (χ4n) is 3.20. The molecule has 0 fully saturated rings. The van der Waals surface area contributed by atoms with Crippen molar-refractivity contribution in [2.75, 3.05) is 5.75 Å². The number of fused-ring (bicyclic) bond motifs is 1. The second-order valence-corrected chi connectivity index (χ2v) is 9.67. The lowest BCUT2D eigenvalue weighted by molar-refractivity contribution is -0.133. The average molecular weight is 462 g/mol. The van der Waals surface area contributed by atoms with E-state index in [4.69, 9.17) is 9.84 Å². The number of nitrogens with zero attached hydrogens (tertiary/aromatic N) is 1. The molecular weight excluding hydrogens is 438 g/mol. The second kappa shape index (κ2) is 11.1. The fraction of sp³-hybridized carbons (Fsp3) is 0.154. The van der Waals surface area contributed by atoms with Gasteiger partial charge in [0.25, 0.3) is 0 Å². The molecule has 0 aliphatic carbocycles. The summed E-state index contributed by atoms with van der Waals surface area (Å²) in [5.74, 6) is 0.851. The number of aromatic nitrogens is 1. The van der Waals surface area contributed by atoms with Gasteiger partial charge in [0.2, 0.25) is 0 Å². The number of hydrogen-bond donors (Lipinski definition) is 1. The van der Waals surface area contributed by atoms with Crippen molar-refractivity contribution in [2.45, 2.75) is 16.9 Å². The van der Waals surface area contributed by atoms with Crippen LogP contribution in [0.15, 0.2) is 91.0 Å². The van der Waals surface area contributed by atoms with Gasteiger partial charge in [0.05, 0.1) is 21.5 Å². The summed E-state index contributed by atoms with van der Waals surface area (Å²) in [5, 5.41) is 10.2. The van der Waals surface area contributed by atoms with Crippen LogP contribution < -0.4 is 4.74 Å². The Morgan fingerprint density at radius 1 is 0.875 bits per heavy atom. The van der Waals surface area contributed by atoms with E-state index in [1.165, 1.54) is 17.3 Å². The predicted octanol–water partition coefficient (Wildman–Crippen LogP) is 6.56. The van der Waals surface area contributed by atoms with E-state index in [0.29, 0.717) is 6.61 Å². The number of ether oxygens (including phenoxy) is 1. The van der Waals surface area contributed by atoms with Crippen LogP contribution in [0.5, 0.6) is 5.75 Å². The van der Waals surface area contributed by atoms with Gasteiger partial charge in [-0.1, -0.05) is 66.7 Å². The normalized spacial score (nSPS) is 11.9. The van der Waals surface area contributed by atoms with Gasteiger partial charge in [0.15, 0.2) is 0 Å². The minimum absolute atomic E-state index is 0.0301. The van der Waals surface area contributed by atoms with E-state index in [-0.39, 0.29) is 10.3 Å². The fourth-order valence-corrected chi connectivity index (χ4v) is 5.52. The molecule has 32 heavy (non-hydrogen) atoms. The van der Waals surface area contributed by atoms with Gasteiger partial charge in [-0.25, -0.2) is 4.98 Å². The lowest BCUT2D eigenvalue weighted by Crippen LogP contribution is -2.02. The molecule has 1 aromatic heterocycles. The zero-order valence-electron chi connectivity index (χ0n) is 17.4. The van der Waals surface area contributed by atoms with Crippen LogP contribution >= 0.6 is 23.5 Å². The van der Waals surface area contributed by atoms with E-state index < -0.39 is 5.97 Å². The Kier molecular flexibility index (Phi) is 7.69. The second-order valence-electron chi connectivity index (χ2n) is 7.19. The number of para-hydroxylation sites is 1. The molecule has 1 heterocycles. The third-order valence-corrected chi connectivity index (χ3v) is 7.68. The lowest BCUT2D eigenvalue weighted by atomic mass is 10.2. The SMILES string of the molecule is O=C(O)CSC(SCc1ccccc1)c1ccc(OCc2ccc3ccccc3n2)cc1. The minimum atomic E-state index is -0.803. The Hall–Kier alpha value is -2.96. The maximum Gasteiger partial charge on any atom is 0.313 e. The molecule has 6 heteroatoms. The molecular formula is C26H23NO3S2. The summed E-state index contributed by atoms with van der Waals surface area (Å²) in [6.07, 6.45) is 0. The molecule has 0 bridgehead atoms. The Balaban J connectivity index is 1.39. The first-order valence-electron chi connectivity index (χ1n) is 10.2. The summed E-state index contributed by atoms with van der Waals surface area (Å²) >= 11 is 3.17. The van der Waals surface area contributed by atoms with Gasteiger partial charge in [0, 0.05) is 11.1 Å². The standard InChI is InChI=1S/C26H23NO3S2/c28-25(29)18-32-26(31-17-19-6-2-1-3-7-19)21-11-14-23(15-12-21)30-16-22-13-10-20-8-4-5-9-24(20)27-22/h1-15,26H,16-18H2,(H,28,29). The third kappa shape index (κ3) is 6.28. The zero-order valence-corrected chi connectivity index (χ0v) is 19.0. The molecule has 0 saturated carbocycles. The van der Waals surface area contributed by atoms with Crippen molar-refractivity contribution < 1.29 is 14.6 Å². The number of rotatable bonds is 10. The van der Waals surface area contributed by atoms with Crippen LogP contribution in [0.3, 0.4) is 0 Å². The van der Waals surface area contributed by atoms with Crippen molar-refractivity contribution in [3.8, 4) is 5.75 Å². The summed E-state index contributed by atoms with van der Waals surface area (Å²) in [6.45, 7) is 0.393. The molecule has 3 aromatic carbocycles. The van der Waals surface area contributed by atoms with Crippen LogP contribution in [-0.2, 0) is 17.2 Å². The number of aliphatic carboxylic acids is 1. The highest BCUT2D eigenvalue weighted by atomic mass is 32.2. The highest BCUT2D eigenvalue weighted by Crippen LogP contribution is 2.41. The van der Waals surface area contributed by atoms with Crippen LogP contribution in [0, 0.1) is 0 Å². The van der Waals surface area contributed by atoms with Gasteiger partial charge in [-0.2, -0.15) is 0 Å². The summed E-state index contributed by atoms with van der Waals surface area (Å²) in [5.41, 5.74) is 4.13. The zero-order chi connectivity index (χ0) is 22.2. The molecule has 4 rings (SSSR count). The monoisotopic (exact) mass is 461 g/mol. The van der Waals surface area contributed by atoms with Crippen LogP contribution in [-0.4, -0.2) is 21.8 Å². The Bertz CT molecular complexity index is 1170. The number of pyridine rings is 1. The Labute approximate surface area is 196 Å². The summed E-state index contributed by atoms with van der Waals surface area (Å²) < 4.78 is 5.96. The number of carboxylic acid groups (broad SMARTS) is 1.